The maximum absolute atomic E-state index is 13.7. The average molecular weight is 416 g/mol. The smallest absolute Gasteiger partial charge is 0.181 e. The number of halogens is 3. The fourth-order valence-electron chi connectivity index (χ4n) is 3.50. The van der Waals surface area contributed by atoms with Gasteiger partial charge in [-0.05, 0) is 62.5 Å². The van der Waals surface area contributed by atoms with Crippen molar-refractivity contribution in [1.82, 2.24) is 4.90 Å². The summed E-state index contributed by atoms with van der Waals surface area (Å²) in [7, 11) is -3.32. The molecular formula is C20H24ClF2NO2S. The number of rotatable bonds is 5. The van der Waals surface area contributed by atoms with Gasteiger partial charge >= 0.3 is 0 Å². The molecule has 1 aliphatic rings. The number of sulfone groups is 1. The SMILES string of the molecule is Cc1ccccc1S(=O)(=O)C1CCN(CCc2ccc(F)cc2F)CC1.Cl. The van der Waals surface area contributed by atoms with E-state index in [1.807, 2.05) is 19.1 Å². The van der Waals surface area contributed by atoms with Gasteiger partial charge in [0.25, 0.3) is 0 Å². The number of piperidine rings is 1. The highest BCUT2D eigenvalue weighted by Gasteiger charge is 2.31. The molecule has 0 saturated carbocycles. The Morgan fingerprint density at radius 2 is 1.74 bits per heavy atom. The topological polar surface area (TPSA) is 37.4 Å². The third kappa shape index (κ3) is 5.06. The van der Waals surface area contributed by atoms with E-state index in [0.29, 0.717) is 49.4 Å². The number of nitrogens with zero attached hydrogens (tertiary/aromatic N) is 1. The highest BCUT2D eigenvalue weighted by Crippen LogP contribution is 2.26. The Bertz CT molecular complexity index is 881. The van der Waals surface area contributed by atoms with Crippen molar-refractivity contribution in [1.29, 1.82) is 0 Å². The quantitative estimate of drug-likeness (QED) is 0.735. The predicted molar refractivity (Wildman–Crippen MR) is 105 cm³/mol. The second-order valence-corrected chi connectivity index (χ2v) is 9.03. The summed E-state index contributed by atoms with van der Waals surface area (Å²) < 4.78 is 52.4. The molecule has 0 bridgehead atoms. The summed E-state index contributed by atoms with van der Waals surface area (Å²) >= 11 is 0. The van der Waals surface area contributed by atoms with Gasteiger partial charge < -0.3 is 4.90 Å². The van der Waals surface area contributed by atoms with Crippen molar-refractivity contribution in [2.45, 2.75) is 36.3 Å². The molecule has 0 amide bonds. The third-order valence-corrected chi connectivity index (χ3v) is 7.51. The summed E-state index contributed by atoms with van der Waals surface area (Å²) in [5, 5.41) is -0.373. The first-order valence-corrected chi connectivity index (χ1v) is 10.4. The molecule has 3 nitrogen and oxygen atoms in total. The molecule has 1 aliphatic heterocycles. The summed E-state index contributed by atoms with van der Waals surface area (Å²) in [5.41, 5.74) is 1.27. The molecule has 2 aromatic carbocycles. The Hall–Kier alpha value is -1.50. The van der Waals surface area contributed by atoms with Gasteiger partial charge in [0.1, 0.15) is 11.6 Å². The van der Waals surface area contributed by atoms with Gasteiger partial charge in [-0.3, -0.25) is 0 Å². The zero-order valence-electron chi connectivity index (χ0n) is 15.2. The molecule has 0 aliphatic carbocycles. The maximum atomic E-state index is 13.7. The molecule has 1 fully saturated rings. The van der Waals surface area contributed by atoms with Gasteiger partial charge in [0.05, 0.1) is 10.1 Å². The first kappa shape index (κ1) is 21.8. The van der Waals surface area contributed by atoms with Gasteiger partial charge in [0.2, 0.25) is 0 Å². The molecule has 1 saturated heterocycles. The van der Waals surface area contributed by atoms with Crippen LogP contribution in [0.5, 0.6) is 0 Å². The Kier molecular flexibility index (Phi) is 7.37. The van der Waals surface area contributed by atoms with Crippen molar-refractivity contribution in [2.75, 3.05) is 19.6 Å². The van der Waals surface area contributed by atoms with E-state index in [2.05, 4.69) is 4.90 Å². The van der Waals surface area contributed by atoms with E-state index in [4.69, 9.17) is 0 Å². The van der Waals surface area contributed by atoms with Crippen molar-refractivity contribution in [3.63, 3.8) is 0 Å². The number of hydrogen-bond donors (Lipinski definition) is 0. The minimum Gasteiger partial charge on any atom is -0.303 e. The summed E-state index contributed by atoms with van der Waals surface area (Å²) in [5.74, 6) is -1.10. The molecule has 0 unspecified atom stereocenters. The van der Waals surface area contributed by atoms with Crippen molar-refractivity contribution < 1.29 is 17.2 Å². The number of hydrogen-bond acceptors (Lipinski definition) is 3. The van der Waals surface area contributed by atoms with Crippen LogP contribution in [0.15, 0.2) is 47.4 Å². The minimum absolute atomic E-state index is 0. The van der Waals surface area contributed by atoms with E-state index in [1.165, 1.54) is 12.1 Å². The molecule has 0 aromatic heterocycles. The normalized spacial score (nSPS) is 16.1. The molecule has 2 aromatic rings. The Morgan fingerprint density at radius 1 is 1.07 bits per heavy atom. The van der Waals surface area contributed by atoms with Crippen LogP contribution in [-0.4, -0.2) is 38.2 Å². The number of benzene rings is 2. The molecule has 148 valence electrons. The van der Waals surface area contributed by atoms with Gasteiger partial charge in [-0.25, -0.2) is 17.2 Å². The van der Waals surface area contributed by atoms with Crippen molar-refractivity contribution in [2.24, 2.45) is 0 Å². The molecule has 3 rings (SSSR count). The average Bonchev–Trinajstić information content (AvgIpc) is 2.61. The largest absolute Gasteiger partial charge is 0.303 e. The van der Waals surface area contributed by atoms with Gasteiger partial charge in [-0.1, -0.05) is 24.3 Å². The van der Waals surface area contributed by atoms with Crippen LogP contribution in [0.25, 0.3) is 0 Å². The van der Waals surface area contributed by atoms with E-state index >= 15 is 0 Å². The molecule has 7 heteroatoms. The second-order valence-electron chi connectivity index (χ2n) is 6.84. The summed E-state index contributed by atoms with van der Waals surface area (Å²) in [6.45, 7) is 3.79. The van der Waals surface area contributed by atoms with Crippen LogP contribution < -0.4 is 0 Å². The fourth-order valence-corrected chi connectivity index (χ4v) is 5.48. The summed E-state index contributed by atoms with van der Waals surface area (Å²) in [4.78, 5) is 2.57. The van der Waals surface area contributed by atoms with E-state index in [9.17, 15) is 17.2 Å². The zero-order chi connectivity index (χ0) is 18.7. The Labute approximate surface area is 165 Å². The standard InChI is InChI=1S/C20H23F2NO2S.ClH/c1-15-4-2-3-5-20(15)26(24,25)18-9-12-23(13-10-18)11-8-16-6-7-17(21)14-19(16)22;/h2-7,14,18H,8-13H2,1H3;1H. The maximum Gasteiger partial charge on any atom is 0.181 e. The monoisotopic (exact) mass is 415 g/mol. The van der Waals surface area contributed by atoms with Crippen molar-refractivity contribution in [3.8, 4) is 0 Å². The number of likely N-dealkylation sites (tertiary alicyclic amines) is 1. The van der Waals surface area contributed by atoms with Crippen LogP contribution in [0.1, 0.15) is 24.0 Å². The van der Waals surface area contributed by atoms with Gasteiger partial charge in [0, 0.05) is 12.6 Å². The molecule has 0 spiro atoms. The summed E-state index contributed by atoms with van der Waals surface area (Å²) in [6.07, 6.45) is 1.63. The van der Waals surface area contributed by atoms with Crippen LogP contribution in [-0.2, 0) is 16.3 Å². The molecule has 27 heavy (non-hydrogen) atoms. The van der Waals surface area contributed by atoms with Gasteiger partial charge in [-0.2, -0.15) is 0 Å². The Morgan fingerprint density at radius 3 is 2.37 bits per heavy atom. The second kappa shape index (κ2) is 9.13. The van der Waals surface area contributed by atoms with Gasteiger partial charge in [0.15, 0.2) is 9.84 Å². The number of aryl methyl sites for hydroxylation is 1. The molecule has 1 heterocycles. The lowest BCUT2D eigenvalue weighted by Crippen LogP contribution is -2.40. The molecule has 0 N–H and O–H groups in total. The van der Waals surface area contributed by atoms with Crippen LogP contribution in [0.4, 0.5) is 8.78 Å². The fraction of sp³-hybridized carbons (Fsp3) is 0.400. The molecular weight excluding hydrogens is 392 g/mol. The van der Waals surface area contributed by atoms with Crippen molar-refractivity contribution in [3.05, 3.63) is 65.2 Å². The lowest BCUT2D eigenvalue weighted by atomic mass is 10.1. The molecule has 0 radical (unpaired) electrons. The lowest BCUT2D eigenvalue weighted by Gasteiger charge is -2.32. The third-order valence-electron chi connectivity index (χ3n) is 5.09. The predicted octanol–water partition coefficient (Wildman–Crippen LogP) is 4.18. The highest BCUT2D eigenvalue weighted by molar-refractivity contribution is 7.92. The first-order valence-electron chi connectivity index (χ1n) is 8.84. The van der Waals surface area contributed by atoms with E-state index in [-0.39, 0.29) is 17.7 Å². The summed E-state index contributed by atoms with van der Waals surface area (Å²) in [6, 6.07) is 10.7. The Balaban J connectivity index is 0.00000261. The lowest BCUT2D eigenvalue weighted by molar-refractivity contribution is 0.232. The zero-order valence-corrected chi connectivity index (χ0v) is 16.8. The molecule has 0 atom stereocenters. The highest BCUT2D eigenvalue weighted by atomic mass is 35.5. The van der Waals surface area contributed by atoms with Gasteiger partial charge in [-0.15, -0.1) is 12.4 Å². The van der Waals surface area contributed by atoms with Crippen LogP contribution >= 0.6 is 12.4 Å². The van der Waals surface area contributed by atoms with E-state index in [1.54, 1.807) is 12.1 Å². The van der Waals surface area contributed by atoms with E-state index < -0.39 is 21.5 Å². The van der Waals surface area contributed by atoms with Crippen LogP contribution in [0, 0.1) is 18.6 Å². The van der Waals surface area contributed by atoms with Crippen molar-refractivity contribution >= 4 is 22.2 Å². The van der Waals surface area contributed by atoms with Crippen LogP contribution in [0.3, 0.4) is 0 Å². The van der Waals surface area contributed by atoms with E-state index in [0.717, 1.165) is 11.6 Å². The minimum atomic E-state index is -3.32. The first-order chi connectivity index (χ1) is 12.4. The van der Waals surface area contributed by atoms with Crippen LogP contribution in [0.2, 0.25) is 0 Å².